The van der Waals surface area contributed by atoms with E-state index in [0.717, 1.165) is 83.9 Å². The highest BCUT2D eigenvalue weighted by Crippen LogP contribution is 2.34. The Labute approximate surface area is 270 Å². The van der Waals surface area contributed by atoms with Crippen LogP contribution >= 0.6 is 0 Å². The van der Waals surface area contributed by atoms with Gasteiger partial charge in [0.05, 0.1) is 12.8 Å². The smallest absolute Gasteiger partial charge is 0.291 e. The van der Waals surface area contributed by atoms with Gasteiger partial charge in [0, 0.05) is 62.3 Å². The number of ether oxygens (including phenoxy) is 1. The molecule has 2 aromatic carbocycles. The number of fused-ring (bicyclic) bond motifs is 1. The van der Waals surface area contributed by atoms with Gasteiger partial charge >= 0.3 is 0 Å². The predicted octanol–water partition coefficient (Wildman–Crippen LogP) is 6.80. The Hall–Kier alpha value is -4.34. The molecule has 2 aromatic heterocycles. The van der Waals surface area contributed by atoms with E-state index >= 15 is 4.39 Å². The number of imidazole rings is 1. The van der Waals surface area contributed by atoms with Crippen molar-refractivity contribution in [2.75, 3.05) is 39.1 Å². The number of carbonyl (C=O) groups excluding carboxylic acids is 1. The second-order valence-corrected chi connectivity index (χ2v) is 12.5. The summed E-state index contributed by atoms with van der Waals surface area (Å²) in [6.07, 6.45) is 7.82. The molecule has 240 valence electrons. The first-order valence-corrected chi connectivity index (χ1v) is 16.1. The van der Waals surface area contributed by atoms with Crippen molar-refractivity contribution >= 4 is 23.5 Å². The van der Waals surface area contributed by atoms with Gasteiger partial charge in [-0.25, -0.2) is 9.37 Å². The number of anilines is 1. The van der Waals surface area contributed by atoms with Crippen molar-refractivity contribution in [1.29, 1.82) is 0 Å². The number of nitrogens with zero attached hydrogens (tertiary/aromatic N) is 5. The molecular formula is C37H43FN6O2. The summed E-state index contributed by atoms with van der Waals surface area (Å²) in [6.45, 7) is 8.55. The van der Waals surface area contributed by atoms with E-state index in [4.69, 9.17) is 4.74 Å². The minimum absolute atomic E-state index is 0.236. The van der Waals surface area contributed by atoms with Gasteiger partial charge in [0.25, 0.3) is 5.91 Å². The van der Waals surface area contributed by atoms with Crippen molar-refractivity contribution in [3.63, 3.8) is 0 Å². The lowest BCUT2D eigenvalue weighted by Gasteiger charge is -2.26. The van der Waals surface area contributed by atoms with Crippen molar-refractivity contribution in [3.05, 3.63) is 93.8 Å². The fourth-order valence-electron chi connectivity index (χ4n) is 6.68. The molecule has 2 aliphatic rings. The van der Waals surface area contributed by atoms with Gasteiger partial charge in [-0.3, -0.25) is 14.7 Å². The molecule has 46 heavy (non-hydrogen) atoms. The van der Waals surface area contributed by atoms with Gasteiger partial charge in [0.1, 0.15) is 17.3 Å². The maximum Gasteiger partial charge on any atom is 0.291 e. The van der Waals surface area contributed by atoms with E-state index in [-0.39, 0.29) is 11.6 Å². The van der Waals surface area contributed by atoms with Gasteiger partial charge in [0.15, 0.2) is 5.82 Å². The third-order valence-electron chi connectivity index (χ3n) is 9.43. The Kier molecular flexibility index (Phi) is 9.33. The van der Waals surface area contributed by atoms with Crippen LogP contribution in [0.1, 0.15) is 69.2 Å². The van der Waals surface area contributed by atoms with Crippen LogP contribution in [0.3, 0.4) is 0 Å². The zero-order chi connectivity index (χ0) is 32.4. The molecule has 1 N–H and O–H groups in total. The minimum Gasteiger partial charge on any atom is -0.496 e. The van der Waals surface area contributed by atoms with Crippen LogP contribution in [0.25, 0.3) is 23.0 Å². The third-order valence-corrected chi connectivity index (χ3v) is 9.43. The normalized spacial score (nSPS) is 15.9. The van der Waals surface area contributed by atoms with E-state index in [1.165, 1.54) is 25.3 Å². The summed E-state index contributed by atoms with van der Waals surface area (Å²) in [5, 5.41) is 3.10. The third kappa shape index (κ3) is 6.48. The number of nitrogens with one attached hydrogen (secondary N) is 1. The van der Waals surface area contributed by atoms with Crippen molar-refractivity contribution < 1.29 is 13.9 Å². The monoisotopic (exact) mass is 622 g/mol. The van der Waals surface area contributed by atoms with Gasteiger partial charge in [-0.1, -0.05) is 36.8 Å². The molecule has 0 radical (unpaired) electrons. The molecule has 0 unspecified atom stereocenters. The van der Waals surface area contributed by atoms with E-state index in [0.29, 0.717) is 17.3 Å². The number of likely N-dealkylation sites (N-methyl/N-ethyl adjacent to an activating group) is 1. The Morgan fingerprint density at radius 1 is 1.02 bits per heavy atom. The van der Waals surface area contributed by atoms with Crippen LogP contribution in [-0.4, -0.2) is 64.0 Å². The average molecular weight is 623 g/mol. The number of likely N-dealkylation sites (tertiary alicyclic amines) is 1. The summed E-state index contributed by atoms with van der Waals surface area (Å²) in [7, 11) is 5.59. The molecule has 2 aliphatic heterocycles. The van der Waals surface area contributed by atoms with Crippen LogP contribution in [0, 0.1) is 13.8 Å². The van der Waals surface area contributed by atoms with Gasteiger partial charge in [-0.15, -0.1) is 0 Å². The highest BCUT2D eigenvalue weighted by atomic mass is 19.1. The summed E-state index contributed by atoms with van der Waals surface area (Å²) in [5.41, 5.74) is 8.54. The van der Waals surface area contributed by atoms with Crippen LogP contribution in [-0.2, 0) is 26.6 Å². The molecular weight excluding hydrogens is 579 g/mol. The van der Waals surface area contributed by atoms with Gasteiger partial charge in [-0.05, 0) is 86.8 Å². The van der Waals surface area contributed by atoms with E-state index in [9.17, 15) is 4.79 Å². The molecule has 4 aromatic rings. The van der Waals surface area contributed by atoms with Crippen LogP contribution in [0.5, 0.6) is 5.75 Å². The first-order chi connectivity index (χ1) is 22.2. The maximum absolute atomic E-state index is 15.7. The van der Waals surface area contributed by atoms with Crippen LogP contribution < -0.4 is 10.1 Å². The van der Waals surface area contributed by atoms with Crippen LogP contribution in [0.15, 0.2) is 48.7 Å². The van der Waals surface area contributed by atoms with Gasteiger partial charge in [0.2, 0.25) is 0 Å². The second kappa shape index (κ2) is 13.6. The predicted molar refractivity (Wildman–Crippen MR) is 181 cm³/mol. The number of piperidine rings is 1. The number of aromatic nitrogens is 3. The molecule has 1 fully saturated rings. The topological polar surface area (TPSA) is 75.5 Å². The lowest BCUT2D eigenvalue weighted by Crippen LogP contribution is -2.29. The molecule has 0 aliphatic carbocycles. The number of carbonyl (C=O) groups is 1. The Morgan fingerprint density at radius 2 is 1.76 bits per heavy atom. The molecule has 8 nitrogen and oxygen atoms in total. The number of rotatable bonds is 8. The summed E-state index contributed by atoms with van der Waals surface area (Å²) in [6, 6.07) is 13.4. The average Bonchev–Trinajstić information content (AvgIpc) is 3.39. The zero-order valence-electron chi connectivity index (χ0n) is 27.5. The van der Waals surface area contributed by atoms with Gasteiger partial charge < -0.3 is 19.5 Å². The molecule has 0 saturated carbocycles. The Bertz CT molecular complexity index is 1790. The fourth-order valence-corrected chi connectivity index (χ4v) is 6.68. The number of pyridine rings is 1. The van der Waals surface area contributed by atoms with E-state index < -0.39 is 5.83 Å². The lowest BCUT2D eigenvalue weighted by atomic mass is 9.92. The minimum atomic E-state index is -0.426. The Balaban J connectivity index is 1.24. The molecule has 0 atom stereocenters. The van der Waals surface area contributed by atoms with Crippen molar-refractivity contribution in [3.8, 4) is 16.9 Å². The van der Waals surface area contributed by atoms with Crippen molar-refractivity contribution in [1.82, 2.24) is 24.3 Å². The Morgan fingerprint density at radius 3 is 2.52 bits per heavy atom. The van der Waals surface area contributed by atoms with E-state index in [1.54, 1.807) is 19.4 Å². The first kappa shape index (κ1) is 31.6. The zero-order valence-corrected chi connectivity index (χ0v) is 27.5. The molecule has 0 spiro atoms. The highest BCUT2D eigenvalue weighted by Gasteiger charge is 2.24. The highest BCUT2D eigenvalue weighted by molar-refractivity contribution is 6.03. The summed E-state index contributed by atoms with van der Waals surface area (Å²) in [4.78, 5) is 27.2. The quantitative estimate of drug-likeness (QED) is 0.233. The maximum atomic E-state index is 15.7. The van der Waals surface area contributed by atoms with Crippen molar-refractivity contribution in [2.45, 2.75) is 52.6 Å². The molecule has 4 heterocycles. The molecule has 0 bridgehead atoms. The number of hydrogen-bond donors (Lipinski definition) is 1. The van der Waals surface area contributed by atoms with E-state index in [1.807, 2.05) is 61.9 Å². The van der Waals surface area contributed by atoms with E-state index in [2.05, 4.69) is 32.1 Å². The largest absolute Gasteiger partial charge is 0.496 e. The number of amides is 1. The van der Waals surface area contributed by atoms with Crippen molar-refractivity contribution in [2.24, 2.45) is 7.05 Å². The summed E-state index contributed by atoms with van der Waals surface area (Å²) >= 11 is 0. The lowest BCUT2D eigenvalue weighted by molar-refractivity contribution is 0.101. The molecule has 1 amide bonds. The standard InChI is InChI=1S/C37H43FN6O2/c1-24-26(19-30(38)32-20-35(46-5)27(21-39-32)22-44-16-7-6-8-17-44)11-9-12-28(24)29-13-10-14-31(25(29)2)41-37(45)36-40-33-23-42(3)18-15-34(33)43(36)4/h9-14,19-21H,6-8,15-18,22-23H2,1-5H3,(H,41,45)/b30-19-. The molecule has 6 rings (SSSR count). The number of benzene rings is 2. The van der Waals surface area contributed by atoms with Crippen LogP contribution in [0.2, 0.25) is 0 Å². The summed E-state index contributed by atoms with van der Waals surface area (Å²) < 4.78 is 23.3. The number of methoxy groups -OCH3 is 1. The first-order valence-electron chi connectivity index (χ1n) is 16.1. The van der Waals surface area contributed by atoms with Gasteiger partial charge in [-0.2, -0.15) is 0 Å². The SMILES string of the molecule is COc1cc(/C(F)=C/c2cccc(-c3cccc(NC(=O)c4nc5c(n4C)CCN(C)C5)c3C)c2C)ncc1CN1CCCCC1. The van der Waals surface area contributed by atoms with Crippen LogP contribution in [0.4, 0.5) is 10.1 Å². The molecule has 9 heteroatoms. The second-order valence-electron chi connectivity index (χ2n) is 12.5. The summed E-state index contributed by atoms with van der Waals surface area (Å²) in [5.74, 6) is 0.399. The molecule has 1 saturated heterocycles. The number of hydrogen-bond acceptors (Lipinski definition) is 6. The fraction of sp³-hybridized carbons (Fsp3) is 0.378. The number of halogens is 1.